The summed E-state index contributed by atoms with van der Waals surface area (Å²) >= 11 is 0. The largest absolute Gasteiger partial charge is 0.399 e. The van der Waals surface area contributed by atoms with Crippen LogP contribution in [0.25, 0.3) is 0 Å². The smallest absolute Gasteiger partial charge is 0.232 e. The summed E-state index contributed by atoms with van der Waals surface area (Å²) in [5.74, 6) is 0.653. The van der Waals surface area contributed by atoms with Crippen molar-refractivity contribution >= 4 is 11.6 Å². The van der Waals surface area contributed by atoms with E-state index >= 15 is 0 Å². The number of amides is 1. The molecule has 1 amide bonds. The number of piperidine rings is 1. The van der Waals surface area contributed by atoms with Crippen LogP contribution in [0.3, 0.4) is 0 Å². The standard InChI is InChI=1S/C17H26N2O2/c1-12-9-10-19(11-15(12)21-4)16(20)17(2,3)13-5-7-14(18)8-6-13/h5-8,12,15H,9-11,18H2,1-4H3. The molecule has 1 aliphatic heterocycles. The number of nitrogens with zero attached hydrogens (tertiary/aromatic N) is 1. The Balaban J connectivity index is 2.16. The first-order valence-electron chi connectivity index (χ1n) is 7.54. The average molecular weight is 290 g/mol. The monoisotopic (exact) mass is 290 g/mol. The van der Waals surface area contributed by atoms with Crippen molar-refractivity contribution < 1.29 is 9.53 Å². The molecule has 0 radical (unpaired) electrons. The molecule has 4 nitrogen and oxygen atoms in total. The minimum Gasteiger partial charge on any atom is -0.399 e. The lowest BCUT2D eigenvalue weighted by Gasteiger charge is -2.40. The highest BCUT2D eigenvalue weighted by molar-refractivity contribution is 5.87. The van der Waals surface area contributed by atoms with Gasteiger partial charge in [-0.05, 0) is 43.9 Å². The Morgan fingerprint density at radius 3 is 2.52 bits per heavy atom. The van der Waals surface area contributed by atoms with Crippen LogP contribution in [0.15, 0.2) is 24.3 Å². The third kappa shape index (κ3) is 3.21. The van der Waals surface area contributed by atoms with Gasteiger partial charge < -0.3 is 15.4 Å². The van der Waals surface area contributed by atoms with E-state index in [0.717, 1.165) is 18.5 Å². The van der Waals surface area contributed by atoms with Crippen LogP contribution in [0.2, 0.25) is 0 Å². The third-order valence-electron chi connectivity index (χ3n) is 4.65. The van der Waals surface area contributed by atoms with E-state index in [1.807, 2.05) is 43.0 Å². The van der Waals surface area contributed by atoms with Gasteiger partial charge in [-0.25, -0.2) is 0 Å². The van der Waals surface area contributed by atoms with Gasteiger partial charge in [0.2, 0.25) is 5.91 Å². The predicted octanol–water partition coefficient (Wildman–Crippen LogP) is 2.43. The molecule has 4 heteroatoms. The van der Waals surface area contributed by atoms with E-state index in [2.05, 4.69) is 6.92 Å². The molecule has 1 aliphatic rings. The zero-order chi connectivity index (χ0) is 15.6. The Hall–Kier alpha value is -1.55. The summed E-state index contributed by atoms with van der Waals surface area (Å²) < 4.78 is 5.51. The predicted molar refractivity (Wildman–Crippen MR) is 85.0 cm³/mol. The van der Waals surface area contributed by atoms with Gasteiger partial charge in [0.25, 0.3) is 0 Å². The van der Waals surface area contributed by atoms with Crippen molar-refractivity contribution in [2.24, 2.45) is 5.92 Å². The molecule has 1 aromatic carbocycles. The molecule has 0 bridgehead atoms. The maximum atomic E-state index is 12.9. The lowest BCUT2D eigenvalue weighted by Crippen LogP contribution is -2.51. The van der Waals surface area contributed by atoms with Gasteiger partial charge in [0.1, 0.15) is 0 Å². The van der Waals surface area contributed by atoms with Crippen LogP contribution < -0.4 is 5.73 Å². The van der Waals surface area contributed by atoms with Crippen LogP contribution in [0.5, 0.6) is 0 Å². The van der Waals surface area contributed by atoms with Gasteiger partial charge in [-0.3, -0.25) is 4.79 Å². The van der Waals surface area contributed by atoms with Gasteiger partial charge in [-0.1, -0.05) is 19.1 Å². The summed E-state index contributed by atoms with van der Waals surface area (Å²) in [5, 5.41) is 0. The first-order valence-corrected chi connectivity index (χ1v) is 7.54. The van der Waals surface area contributed by atoms with Crippen LogP contribution in [0.4, 0.5) is 5.69 Å². The molecule has 2 unspecified atom stereocenters. The molecule has 2 N–H and O–H groups in total. The van der Waals surface area contributed by atoms with Crippen molar-refractivity contribution in [1.29, 1.82) is 0 Å². The molecule has 1 aromatic rings. The molecule has 1 saturated heterocycles. The van der Waals surface area contributed by atoms with E-state index in [-0.39, 0.29) is 12.0 Å². The maximum Gasteiger partial charge on any atom is 0.232 e. The Morgan fingerprint density at radius 2 is 1.95 bits per heavy atom. The molecule has 1 fully saturated rings. The zero-order valence-electron chi connectivity index (χ0n) is 13.4. The first kappa shape index (κ1) is 15.8. The molecular weight excluding hydrogens is 264 g/mol. The Labute approximate surface area is 127 Å². The fourth-order valence-corrected chi connectivity index (χ4v) is 2.94. The molecule has 0 aliphatic carbocycles. The van der Waals surface area contributed by atoms with E-state index in [9.17, 15) is 4.79 Å². The summed E-state index contributed by atoms with van der Waals surface area (Å²) in [6.07, 6.45) is 1.12. The molecule has 21 heavy (non-hydrogen) atoms. The fourth-order valence-electron chi connectivity index (χ4n) is 2.94. The van der Waals surface area contributed by atoms with Crippen LogP contribution in [-0.2, 0) is 14.9 Å². The second-order valence-electron chi connectivity index (χ2n) is 6.54. The SMILES string of the molecule is COC1CN(C(=O)C(C)(C)c2ccc(N)cc2)CCC1C. The highest BCUT2D eigenvalue weighted by atomic mass is 16.5. The highest BCUT2D eigenvalue weighted by Gasteiger charge is 2.37. The minimum absolute atomic E-state index is 0.130. The van der Waals surface area contributed by atoms with Crippen molar-refractivity contribution in [2.45, 2.75) is 38.7 Å². The van der Waals surface area contributed by atoms with Crippen molar-refractivity contribution in [3.63, 3.8) is 0 Å². The summed E-state index contributed by atoms with van der Waals surface area (Å²) in [6, 6.07) is 7.57. The molecule has 0 aromatic heterocycles. The number of ether oxygens (including phenoxy) is 1. The van der Waals surface area contributed by atoms with Crippen LogP contribution >= 0.6 is 0 Å². The number of hydrogen-bond donors (Lipinski definition) is 1. The van der Waals surface area contributed by atoms with E-state index in [4.69, 9.17) is 10.5 Å². The van der Waals surface area contributed by atoms with Gasteiger partial charge in [0.05, 0.1) is 11.5 Å². The molecule has 2 atom stereocenters. The normalized spacial score (nSPS) is 23.1. The molecule has 0 saturated carbocycles. The number of benzene rings is 1. The maximum absolute atomic E-state index is 12.9. The van der Waals surface area contributed by atoms with Gasteiger partial charge in [0.15, 0.2) is 0 Å². The molecule has 2 rings (SSSR count). The Bertz CT molecular complexity index is 496. The average Bonchev–Trinajstić information content (AvgIpc) is 2.47. The summed E-state index contributed by atoms with van der Waals surface area (Å²) in [6.45, 7) is 7.61. The second kappa shape index (κ2) is 6.06. The molecule has 1 heterocycles. The van der Waals surface area contributed by atoms with E-state index in [1.54, 1.807) is 7.11 Å². The third-order valence-corrected chi connectivity index (χ3v) is 4.65. The quantitative estimate of drug-likeness (QED) is 0.870. The summed E-state index contributed by atoms with van der Waals surface area (Å²) in [4.78, 5) is 14.8. The van der Waals surface area contributed by atoms with Gasteiger partial charge in [0, 0.05) is 25.9 Å². The number of hydrogen-bond acceptors (Lipinski definition) is 3. The van der Waals surface area contributed by atoms with Gasteiger partial charge in [-0.2, -0.15) is 0 Å². The molecular formula is C17H26N2O2. The number of nitrogen functional groups attached to an aromatic ring is 1. The summed E-state index contributed by atoms with van der Waals surface area (Å²) in [7, 11) is 1.72. The topological polar surface area (TPSA) is 55.6 Å². The Kier molecular flexibility index (Phi) is 4.57. The van der Waals surface area contributed by atoms with Crippen molar-refractivity contribution in [1.82, 2.24) is 4.90 Å². The van der Waals surface area contributed by atoms with Crippen molar-refractivity contribution in [3.8, 4) is 0 Å². The van der Waals surface area contributed by atoms with Crippen LogP contribution in [-0.4, -0.2) is 37.1 Å². The van der Waals surface area contributed by atoms with Gasteiger partial charge >= 0.3 is 0 Å². The lowest BCUT2D eigenvalue weighted by atomic mass is 9.82. The highest BCUT2D eigenvalue weighted by Crippen LogP contribution is 2.29. The second-order valence-corrected chi connectivity index (χ2v) is 6.54. The number of likely N-dealkylation sites (tertiary alicyclic amines) is 1. The van der Waals surface area contributed by atoms with Crippen LogP contribution in [0, 0.1) is 5.92 Å². The van der Waals surface area contributed by atoms with Gasteiger partial charge in [-0.15, -0.1) is 0 Å². The van der Waals surface area contributed by atoms with E-state index < -0.39 is 5.41 Å². The van der Waals surface area contributed by atoms with Crippen molar-refractivity contribution in [3.05, 3.63) is 29.8 Å². The summed E-state index contributed by atoms with van der Waals surface area (Å²) in [5.41, 5.74) is 6.89. The number of rotatable bonds is 3. The molecule has 0 spiro atoms. The number of anilines is 1. The number of carbonyl (C=O) groups excluding carboxylic acids is 1. The van der Waals surface area contributed by atoms with Crippen LogP contribution in [0.1, 0.15) is 32.8 Å². The lowest BCUT2D eigenvalue weighted by molar-refractivity contribution is -0.141. The number of methoxy groups -OCH3 is 1. The van der Waals surface area contributed by atoms with E-state index in [1.165, 1.54) is 0 Å². The number of nitrogens with two attached hydrogens (primary N) is 1. The Morgan fingerprint density at radius 1 is 1.33 bits per heavy atom. The zero-order valence-corrected chi connectivity index (χ0v) is 13.4. The first-order chi connectivity index (χ1) is 9.86. The fraction of sp³-hybridized carbons (Fsp3) is 0.588. The van der Waals surface area contributed by atoms with Crippen molar-refractivity contribution in [2.75, 3.05) is 25.9 Å². The van der Waals surface area contributed by atoms with E-state index in [0.29, 0.717) is 18.2 Å². The molecule has 116 valence electrons. The number of carbonyl (C=O) groups is 1. The minimum atomic E-state index is -0.549.